The van der Waals surface area contributed by atoms with E-state index in [9.17, 15) is 13.6 Å². The molecule has 2 rings (SSSR count). The molecule has 0 aliphatic carbocycles. The van der Waals surface area contributed by atoms with Crippen LogP contribution in [0.5, 0.6) is 0 Å². The van der Waals surface area contributed by atoms with Gasteiger partial charge in [0.2, 0.25) is 0 Å². The highest BCUT2D eigenvalue weighted by atomic mass is 32.2. The summed E-state index contributed by atoms with van der Waals surface area (Å²) in [5.41, 5.74) is -0.159. The second-order valence-electron chi connectivity index (χ2n) is 4.89. The number of carbonyl (C=O) groups excluding carboxylic acids is 1. The van der Waals surface area contributed by atoms with Crippen LogP contribution in [0.15, 0.2) is 47.4 Å². The molecule has 0 radical (unpaired) electrons. The van der Waals surface area contributed by atoms with Crippen LogP contribution >= 0.6 is 11.8 Å². The Morgan fingerprint density at radius 3 is 2.52 bits per heavy atom. The summed E-state index contributed by atoms with van der Waals surface area (Å²) >= 11 is 1.40. The molecule has 0 fully saturated rings. The van der Waals surface area contributed by atoms with Crippen molar-refractivity contribution in [1.82, 2.24) is 0 Å². The summed E-state index contributed by atoms with van der Waals surface area (Å²) in [6.45, 7) is 1.79. The van der Waals surface area contributed by atoms with Crippen LogP contribution in [-0.2, 0) is 0 Å². The summed E-state index contributed by atoms with van der Waals surface area (Å²) in [7, 11) is 0. The van der Waals surface area contributed by atoms with Crippen molar-refractivity contribution in [3.8, 4) is 6.07 Å². The summed E-state index contributed by atoms with van der Waals surface area (Å²) in [5, 5.41) is 11.3. The molecule has 0 aromatic heterocycles. The van der Waals surface area contributed by atoms with Crippen LogP contribution in [-0.4, -0.2) is 11.7 Å². The van der Waals surface area contributed by atoms with Crippen LogP contribution in [0.2, 0.25) is 0 Å². The first-order valence-corrected chi connectivity index (χ1v) is 7.88. The molecule has 0 aliphatic heterocycles. The van der Waals surface area contributed by atoms with Crippen molar-refractivity contribution in [3.63, 3.8) is 0 Å². The van der Waals surface area contributed by atoms with Crippen molar-refractivity contribution in [3.05, 3.63) is 59.7 Å². The van der Waals surface area contributed by atoms with Gasteiger partial charge in [-0.1, -0.05) is 18.2 Å². The topological polar surface area (TPSA) is 52.9 Å². The number of thioether (sulfide) groups is 1. The minimum Gasteiger partial charge on any atom is -0.321 e. The monoisotopic (exact) mass is 332 g/mol. The van der Waals surface area contributed by atoms with Crippen LogP contribution in [0.4, 0.5) is 14.5 Å². The highest BCUT2D eigenvalue weighted by Gasteiger charge is 2.18. The number of carbonyl (C=O) groups is 1. The second kappa shape index (κ2) is 7.75. The number of nitrogens with zero attached hydrogens (tertiary/aromatic N) is 1. The van der Waals surface area contributed by atoms with Gasteiger partial charge in [-0.25, -0.2) is 8.78 Å². The molecule has 6 heteroatoms. The fourth-order valence-electron chi connectivity index (χ4n) is 1.85. The first-order chi connectivity index (χ1) is 11.0. The third-order valence-electron chi connectivity index (χ3n) is 3.03. The summed E-state index contributed by atoms with van der Waals surface area (Å²) in [6, 6.07) is 12.3. The molecule has 0 unspecified atom stereocenters. The van der Waals surface area contributed by atoms with Crippen molar-refractivity contribution in [2.45, 2.75) is 11.8 Å². The maximum Gasteiger partial charge on any atom is 0.261 e. The summed E-state index contributed by atoms with van der Waals surface area (Å²) < 4.78 is 27.3. The second-order valence-corrected chi connectivity index (χ2v) is 5.95. The number of halogens is 2. The summed E-state index contributed by atoms with van der Waals surface area (Å²) in [5.74, 6) is -2.26. The van der Waals surface area contributed by atoms with E-state index in [0.717, 1.165) is 17.0 Å². The lowest BCUT2D eigenvalue weighted by molar-refractivity contribution is 0.101. The molecule has 0 aliphatic rings. The highest BCUT2D eigenvalue weighted by molar-refractivity contribution is 7.99. The average molecular weight is 332 g/mol. The lowest BCUT2D eigenvalue weighted by Gasteiger charge is -2.12. The van der Waals surface area contributed by atoms with Gasteiger partial charge >= 0.3 is 0 Å². The van der Waals surface area contributed by atoms with E-state index in [1.165, 1.54) is 17.8 Å². The summed E-state index contributed by atoms with van der Waals surface area (Å²) in [6.07, 6.45) is 0. The van der Waals surface area contributed by atoms with E-state index in [4.69, 9.17) is 5.26 Å². The fourth-order valence-corrected chi connectivity index (χ4v) is 2.80. The largest absolute Gasteiger partial charge is 0.321 e. The predicted molar refractivity (Wildman–Crippen MR) is 86.3 cm³/mol. The minimum absolute atomic E-state index is 0.146. The van der Waals surface area contributed by atoms with Gasteiger partial charge in [-0.15, -0.1) is 11.8 Å². The molecule has 1 atom stereocenters. The molecular weight excluding hydrogens is 318 g/mol. The van der Waals surface area contributed by atoms with E-state index < -0.39 is 23.1 Å². The molecule has 3 nitrogen and oxygen atoms in total. The number of nitrogens with one attached hydrogen (secondary N) is 1. The Morgan fingerprint density at radius 2 is 1.87 bits per heavy atom. The Hall–Kier alpha value is -2.39. The first kappa shape index (κ1) is 17.0. The van der Waals surface area contributed by atoms with Gasteiger partial charge in [-0.3, -0.25) is 4.79 Å². The van der Waals surface area contributed by atoms with Gasteiger partial charge in [0.05, 0.1) is 17.7 Å². The van der Waals surface area contributed by atoms with Crippen molar-refractivity contribution < 1.29 is 13.6 Å². The molecule has 118 valence electrons. The average Bonchev–Trinajstić information content (AvgIpc) is 2.53. The van der Waals surface area contributed by atoms with Gasteiger partial charge in [-0.05, 0) is 31.2 Å². The number of rotatable bonds is 5. The lowest BCUT2D eigenvalue weighted by Crippen LogP contribution is -2.16. The molecule has 0 heterocycles. The van der Waals surface area contributed by atoms with Crippen molar-refractivity contribution in [2.24, 2.45) is 5.92 Å². The molecule has 2 aromatic rings. The van der Waals surface area contributed by atoms with E-state index in [2.05, 4.69) is 11.4 Å². The zero-order valence-corrected chi connectivity index (χ0v) is 13.2. The predicted octanol–water partition coefficient (Wildman–Crippen LogP) is 4.47. The van der Waals surface area contributed by atoms with E-state index >= 15 is 0 Å². The quantitative estimate of drug-likeness (QED) is 0.822. The van der Waals surface area contributed by atoms with Gasteiger partial charge in [0, 0.05) is 10.6 Å². The van der Waals surface area contributed by atoms with Crippen molar-refractivity contribution in [2.75, 3.05) is 11.1 Å². The van der Waals surface area contributed by atoms with Crippen molar-refractivity contribution in [1.29, 1.82) is 5.26 Å². The van der Waals surface area contributed by atoms with Gasteiger partial charge in [0.15, 0.2) is 0 Å². The number of amides is 1. The molecule has 23 heavy (non-hydrogen) atoms. The SMILES string of the molecule is C[C@H](C#N)CSc1ccccc1NC(=O)c1c(F)cccc1F. The molecule has 0 saturated carbocycles. The van der Waals surface area contributed by atoms with E-state index in [1.807, 2.05) is 0 Å². The van der Waals surface area contributed by atoms with E-state index in [-0.39, 0.29) is 5.92 Å². The van der Waals surface area contributed by atoms with E-state index in [1.54, 1.807) is 31.2 Å². The zero-order valence-electron chi connectivity index (χ0n) is 12.3. The number of hydrogen-bond acceptors (Lipinski definition) is 3. The lowest BCUT2D eigenvalue weighted by atomic mass is 10.2. The zero-order chi connectivity index (χ0) is 16.8. The van der Waals surface area contributed by atoms with E-state index in [0.29, 0.717) is 11.4 Å². The summed E-state index contributed by atoms with van der Waals surface area (Å²) in [4.78, 5) is 12.9. The van der Waals surface area contributed by atoms with Crippen LogP contribution in [0.3, 0.4) is 0 Å². The van der Waals surface area contributed by atoms with Gasteiger partial charge < -0.3 is 5.32 Å². The Bertz CT molecular complexity index is 738. The highest BCUT2D eigenvalue weighted by Crippen LogP contribution is 2.29. The number of benzene rings is 2. The molecular formula is C17H14F2N2OS. The molecule has 0 spiro atoms. The Labute approximate surface area is 137 Å². The third kappa shape index (κ3) is 4.30. The standard InChI is InChI=1S/C17H14F2N2OS/c1-11(9-20)10-23-15-8-3-2-7-14(15)21-17(22)16-12(18)5-4-6-13(16)19/h2-8,11H,10H2,1H3,(H,21,22)/t11-/m1/s1. The smallest absolute Gasteiger partial charge is 0.261 e. The van der Waals surface area contributed by atoms with Crippen LogP contribution in [0.1, 0.15) is 17.3 Å². The Morgan fingerprint density at radius 1 is 1.22 bits per heavy atom. The fraction of sp³-hybridized carbons (Fsp3) is 0.176. The number of hydrogen-bond donors (Lipinski definition) is 1. The van der Waals surface area contributed by atoms with Gasteiger partial charge in [0.25, 0.3) is 5.91 Å². The maximum atomic E-state index is 13.7. The molecule has 1 N–H and O–H groups in total. The maximum absolute atomic E-state index is 13.7. The Kier molecular flexibility index (Phi) is 5.72. The number of nitriles is 1. The van der Waals surface area contributed by atoms with Crippen LogP contribution in [0.25, 0.3) is 0 Å². The van der Waals surface area contributed by atoms with Gasteiger partial charge in [-0.2, -0.15) is 5.26 Å². The molecule has 2 aromatic carbocycles. The normalized spacial score (nSPS) is 11.6. The van der Waals surface area contributed by atoms with Crippen LogP contribution in [0, 0.1) is 28.9 Å². The molecule has 0 bridgehead atoms. The molecule has 1 amide bonds. The van der Waals surface area contributed by atoms with Crippen LogP contribution < -0.4 is 5.32 Å². The van der Waals surface area contributed by atoms with Gasteiger partial charge in [0.1, 0.15) is 17.2 Å². The first-order valence-electron chi connectivity index (χ1n) is 6.89. The third-order valence-corrected chi connectivity index (χ3v) is 4.37. The Balaban J connectivity index is 2.20. The molecule has 0 saturated heterocycles. The number of para-hydroxylation sites is 1. The number of anilines is 1. The van der Waals surface area contributed by atoms with Crippen molar-refractivity contribution >= 4 is 23.4 Å². The minimum atomic E-state index is -0.911.